The summed E-state index contributed by atoms with van der Waals surface area (Å²) in [6.07, 6.45) is 3.78. The first-order chi connectivity index (χ1) is 10.6. The zero-order valence-electron chi connectivity index (χ0n) is 12.0. The van der Waals surface area contributed by atoms with Gasteiger partial charge in [0.1, 0.15) is 5.76 Å². The van der Waals surface area contributed by atoms with E-state index in [4.69, 9.17) is 9.63 Å². The van der Waals surface area contributed by atoms with Crippen LogP contribution in [0.5, 0.6) is 0 Å². The van der Waals surface area contributed by atoms with Crippen LogP contribution in [0.3, 0.4) is 0 Å². The molecule has 0 unspecified atom stereocenters. The van der Waals surface area contributed by atoms with Gasteiger partial charge in [0.2, 0.25) is 0 Å². The molecule has 0 radical (unpaired) electrons. The SMILES string of the molecule is O=C(O)c1ccc(CNC(=O)c2noc3c2CCCC3)cc1. The van der Waals surface area contributed by atoms with Crippen molar-refractivity contribution in [1.29, 1.82) is 0 Å². The molecule has 1 aromatic carbocycles. The van der Waals surface area contributed by atoms with E-state index in [0.29, 0.717) is 12.2 Å². The summed E-state index contributed by atoms with van der Waals surface area (Å²) in [6, 6.07) is 6.40. The highest BCUT2D eigenvalue weighted by Gasteiger charge is 2.23. The van der Waals surface area contributed by atoms with Gasteiger partial charge in [0, 0.05) is 18.5 Å². The first-order valence-corrected chi connectivity index (χ1v) is 7.23. The van der Waals surface area contributed by atoms with Gasteiger partial charge in [0.15, 0.2) is 5.69 Å². The van der Waals surface area contributed by atoms with Crippen molar-refractivity contribution in [3.63, 3.8) is 0 Å². The van der Waals surface area contributed by atoms with Crippen molar-refractivity contribution in [3.05, 3.63) is 52.4 Å². The van der Waals surface area contributed by atoms with Crippen molar-refractivity contribution < 1.29 is 19.2 Å². The van der Waals surface area contributed by atoms with Crippen LogP contribution in [-0.2, 0) is 19.4 Å². The molecule has 22 heavy (non-hydrogen) atoms. The van der Waals surface area contributed by atoms with E-state index in [9.17, 15) is 9.59 Å². The van der Waals surface area contributed by atoms with Crippen molar-refractivity contribution in [3.8, 4) is 0 Å². The summed E-state index contributed by atoms with van der Waals surface area (Å²) in [5.74, 6) is -0.402. The van der Waals surface area contributed by atoms with Crippen molar-refractivity contribution in [2.45, 2.75) is 32.2 Å². The minimum atomic E-state index is -0.968. The van der Waals surface area contributed by atoms with Gasteiger partial charge in [0.05, 0.1) is 5.56 Å². The Morgan fingerprint density at radius 1 is 1.18 bits per heavy atom. The van der Waals surface area contributed by atoms with E-state index in [1.807, 2.05) is 0 Å². The van der Waals surface area contributed by atoms with Crippen LogP contribution >= 0.6 is 0 Å². The van der Waals surface area contributed by atoms with Crippen LogP contribution in [0, 0.1) is 0 Å². The predicted molar refractivity (Wildman–Crippen MR) is 77.7 cm³/mol. The molecule has 0 atom stereocenters. The molecule has 6 nitrogen and oxygen atoms in total. The summed E-state index contributed by atoms with van der Waals surface area (Å²) < 4.78 is 5.23. The van der Waals surface area contributed by atoms with Crippen molar-refractivity contribution >= 4 is 11.9 Å². The predicted octanol–water partition coefficient (Wildman–Crippen LogP) is 2.18. The molecule has 1 aromatic heterocycles. The lowest BCUT2D eigenvalue weighted by atomic mass is 9.96. The fraction of sp³-hybridized carbons (Fsp3) is 0.312. The molecule has 6 heteroatoms. The van der Waals surface area contributed by atoms with E-state index >= 15 is 0 Å². The smallest absolute Gasteiger partial charge is 0.335 e. The van der Waals surface area contributed by atoms with E-state index in [1.54, 1.807) is 12.1 Å². The van der Waals surface area contributed by atoms with E-state index in [2.05, 4.69) is 10.5 Å². The fourth-order valence-corrected chi connectivity index (χ4v) is 2.59. The van der Waals surface area contributed by atoms with Gasteiger partial charge in [-0.25, -0.2) is 4.79 Å². The quantitative estimate of drug-likeness (QED) is 0.903. The zero-order valence-corrected chi connectivity index (χ0v) is 12.0. The van der Waals surface area contributed by atoms with Gasteiger partial charge in [-0.1, -0.05) is 17.3 Å². The van der Waals surface area contributed by atoms with E-state index in [-0.39, 0.29) is 11.5 Å². The van der Waals surface area contributed by atoms with Crippen LogP contribution < -0.4 is 5.32 Å². The Bertz CT molecular complexity index is 703. The number of carbonyl (C=O) groups is 2. The number of aromatic carboxylic acids is 1. The van der Waals surface area contributed by atoms with Gasteiger partial charge in [-0.3, -0.25) is 4.79 Å². The molecule has 1 heterocycles. The molecule has 114 valence electrons. The van der Waals surface area contributed by atoms with Gasteiger partial charge >= 0.3 is 5.97 Å². The van der Waals surface area contributed by atoms with Crippen molar-refractivity contribution in [1.82, 2.24) is 10.5 Å². The number of carbonyl (C=O) groups excluding carboxylic acids is 1. The highest BCUT2D eigenvalue weighted by molar-refractivity contribution is 5.93. The van der Waals surface area contributed by atoms with Gasteiger partial charge < -0.3 is 14.9 Å². The summed E-state index contributed by atoms with van der Waals surface area (Å²) in [7, 11) is 0. The number of nitrogens with one attached hydrogen (secondary N) is 1. The molecule has 0 spiro atoms. The third-order valence-electron chi connectivity index (χ3n) is 3.82. The largest absolute Gasteiger partial charge is 0.478 e. The van der Waals surface area contributed by atoms with E-state index < -0.39 is 5.97 Å². The van der Waals surface area contributed by atoms with Crippen LogP contribution in [0.15, 0.2) is 28.8 Å². The number of aryl methyl sites for hydroxylation is 1. The summed E-state index contributed by atoms with van der Waals surface area (Å²) in [5.41, 5.74) is 2.35. The number of carboxylic acids is 1. The molecule has 3 rings (SSSR count). The number of rotatable bonds is 4. The molecule has 1 aliphatic rings. The molecular formula is C16H16N2O4. The second kappa shape index (κ2) is 6.01. The highest BCUT2D eigenvalue weighted by Crippen LogP contribution is 2.24. The summed E-state index contributed by atoms with van der Waals surface area (Å²) in [4.78, 5) is 23.0. The Kier molecular flexibility index (Phi) is 3.91. The Hall–Kier alpha value is -2.63. The monoisotopic (exact) mass is 300 g/mol. The van der Waals surface area contributed by atoms with Gasteiger partial charge in [0.25, 0.3) is 5.91 Å². The molecule has 1 amide bonds. The summed E-state index contributed by atoms with van der Waals surface area (Å²) >= 11 is 0. The maximum Gasteiger partial charge on any atom is 0.335 e. The molecule has 1 aliphatic carbocycles. The Balaban J connectivity index is 1.65. The topological polar surface area (TPSA) is 92.4 Å². The number of aromatic nitrogens is 1. The molecular weight excluding hydrogens is 284 g/mol. The van der Waals surface area contributed by atoms with Gasteiger partial charge in [-0.2, -0.15) is 0 Å². The lowest BCUT2D eigenvalue weighted by Gasteiger charge is -2.09. The number of hydrogen-bond acceptors (Lipinski definition) is 4. The van der Waals surface area contributed by atoms with E-state index in [1.165, 1.54) is 12.1 Å². The van der Waals surface area contributed by atoms with E-state index in [0.717, 1.165) is 42.6 Å². The molecule has 0 fully saturated rings. The lowest BCUT2D eigenvalue weighted by Crippen LogP contribution is -2.24. The third-order valence-corrected chi connectivity index (χ3v) is 3.82. The molecule has 2 N–H and O–H groups in total. The minimum Gasteiger partial charge on any atom is -0.478 e. The summed E-state index contributed by atoms with van der Waals surface area (Å²) in [6.45, 7) is 0.320. The highest BCUT2D eigenvalue weighted by atomic mass is 16.5. The average molecular weight is 300 g/mol. The molecule has 2 aromatic rings. The van der Waals surface area contributed by atoms with Crippen LogP contribution in [-0.4, -0.2) is 22.1 Å². The fourth-order valence-electron chi connectivity index (χ4n) is 2.59. The minimum absolute atomic E-state index is 0.223. The van der Waals surface area contributed by atoms with Crippen LogP contribution in [0.25, 0.3) is 0 Å². The van der Waals surface area contributed by atoms with Crippen molar-refractivity contribution in [2.24, 2.45) is 0 Å². The Labute approximate surface area is 127 Å². The number of fused-ring (bicyclic) bond motifs is 1. The number of carboxylic acid groups (broad SMARTS) is 1. The van der Waals surface area contributed by atoms with Gasteiger partial charge in [-0.05, 0) is 37.0 Å². The second-order valence-corrected chi connectivity index (χ2v) is 5.32. The van der Waals surface area contributed by atoms with Crippen LogP contribution in [0.4, 0.5) is 0 Å². The molecule has 0 saturated carbocycles. The maximum atomic E-state index is 12.2. The average Bonchev–Trinajstić information content (AvgIpc) is 2.97. The van der Waals surface area contributed by atoms with Crippen LogP contribution in [0.2, 0.25) is 0 Å². The third kappa shape index (κ3) is 2.86. The number of amides is 1. The zero-order chi connectivity index (χ0) is 15.5. The van der Waals surface area contributed by atoms with Gasteiger partial charge in [-0.15, -0.1) is 0 Å². The Morgan fingerprint density at radius 2 is 1.91 bits per heavy atom. The number of nitrogens with zero attached hydrogens (tertiary/aromatic N) is 1. The summed E-state index contributed by atoms with van der Waals surface area (Å²) in [5, 5.41) is 15.5. The lowest BCUT2D eigenvalue weighted by molar-refractivity contribution is 0.0696. The Morgan fingerprint density at radius 3 is 2.64 bits per heavy atom. The first kappa shape index (κ1) is 14.3. The number of hydrogen-bond donors (Lipinski definition) is 2. The second-order valence-electron chi connectivity index (χ2n) is 5.32. The molecule has 0 saturated heterocycles. The van der Waals surface area contributed by atoms with Crippen LogP contribution in [0.1, 0.15) is 50.6 Å². The molecule has 0 aliphatic heterocycles. The maximum absolute atomic E-state index is 12.2. The first-order valence-electron chi connectivity index (χ1n) is 7.23. The standard InChI is InChI=1S/C16H16N2O4/c19-15(14-12-3-1-2-4-13(12)22-18-14)17-9-10-5-7-11(8-6-10)16(20)21/h5-8H,1-4,9H2,(H,17,19)(H,20,21). The normalized spacial score (nSPS) is 13.5. The number of benzene rings is 1. The molecule has 0 bridgehead atoms. The van der Waals surface area contributed by atoms with Crippen molar-refractivity contribution in [2.75, 3.05) is 0 Å².